The zero-order chi connectivity index (χ0) is 28.4. The molecule has 210 valence electrons. The third kappa shape index (κ3) is 5.59. The number of carbonyl (C=O) groups is 4. The predicted octanol–water partition coefficient (Wildman–Crippen LogP) is 1.42. The highest BCUT2D eigenvalue weighted by atomic mass is 32.2. The van der Waals surface area contributed by atoms with Crippen LogP contribution in [-0.4, -0.2) is 90.0 Å². The molecule has 6 atom stereocenters. The van der Waals surface area contributed by atoms with Crippen LogP contribution in [0.3, 0.4) is 0 Å². The predicted molar refractivity (Wildman–Crippen MR) is 143 cm³/mol. The summed E-state index contributed by atoms with van der Waals surface area (Å²) in [6.07, 6.45) is 7.33. The lowest BCUT2D eigenvalue weighted by molar-refractivity contribution is -0.163. The van der Waals surface area contributed by atoms with Gasteiger partial charge >= 0.3 is 12.1 Å². The third-order valence-corrected chi connectivity index (χ3v) is 8.90. The smallest absolute Gasteiger partial charge is 0.410 e. The summed E-state index contributed by atoms with van der Waals surface area (Å²) in [5, 5.41) is 19.9. The minimum Gasteiger partial charge on any atom is -0.477 e. The van der Waals surface area contributed by atoms with Crippen molar-refractivity contribution in [1.29, 1.82) is 0 Å². The molecule has 0 unspecified atom stereocenters. The van der Waals surface area contributed by atoms with E-state index in [1.54, 1.807) is 30.4 Å². The van der Waals surface area contributed by atoms with Gasteiger partial charge in [-0.3, -0.25) is 9.59 Å². The summed E-state index contributed by atoms with van der Waals surface area (Å²) in [7, 11) is 0. The minimum atomic E-state index is -1.18. The van der Waals surface area contributed by atoms with Gasteiger partial charge in [0.1, 0.15) is 12.3 Å². The number of β-lactam (4-membered cyclic amide) rings is 1. The maximum absolute atomic E-state index is 12.9. The number of aliphatic hydroxyl groups excluding tert-OH is 1. The molecule has 2 saturated heterocycles. The Balaban J connectivity index is 1.52. The number of aromatic nitrogens is 2. The van der Waals surface area contributed by atoms with Crippen molar-refractivity contribution in [2.24, 2.45) is 17.6 Å². The van der Waals surface area contributed by atoms with E-state index < -0.39 is 36.0 Å². The first kappa shape index (κ1) is 28.4. The van der Waals surface area contributed by atoms with Gasteiger partial charge in [-0.2, -0.15) is 0 Å². The molecule has 3 aliphatic heterocycles. The molecule has 2 fully saturated rings. The molecule has 0 aromatic carbocycles. The van der Waals surface area contributed by atoms with E-state index in [0.717, 1.165) is 0 Å². The number of nitrogens with two attached hydrogens (primary N) is 1. The van der Waals surface area contributed by atoms with E-state index in [4.69, 9.17) is 10.5 Å². The van der Waals surface area contributed by atoms with Gasteiger partial charge in [0.05, 0.1) is 36.3 Å². The lowest BCUT2D eigenvalue weighted by atomic mass is 9.79. The zero-order valence-corrected chi connectivity index (χ0v) is 22.6. The molecule has 1 aromatic rings. The van der Waals surface area contributed by atoms with E-state index in [2.05, 4.69) is 11.6 Å². The number of imidazole rings is 1. The highest BCUT2D eigenvalue weighted by Crippen LogP contribution is 2.52. The molecule has 13 heteroatoms. The van der Waals surface area contributed by atoms with Crippen molar-refractivity contribution in [2.45, 2.75) is 56.7 Å². The summed E-state index contributed by atoms with van der Waals surface area (Å²) in [6, 6.07) is -0.602. The number of fused-ring (bicyclic) bond motifs is 1. The molecule has 0 radical (unpaired) electrons. The lowest BCUT2D eigenvalue weighted by Gasteiger charge is -2.46. The van der Waals surface area contributed by atoms with Gasteiger partial charge in [0, 0.05) is 41.3 Å². The van der Waals surface area contributed by atoms with Gasteiger partial charge in [0.15, 0.2) is 0 Å². The van der Waals surface area contributed by atoms with E-state index in [0.29, 0.717) is 36.5 Å². The van der Waals surface area contributed by atoms with Crippen LogP contribution < -0.4 is 5.73 Å². The average molecular weight is 560 g/mol. The molecule has 3 aliphatic rings. The van der Waals surface area contributed by atoms with Gasteiger partial charge in [-0.05, 0) is 25.8 Å². The summed E-state index contributed by atoms with van der Waals surface area (Å²) in [5.74, 6) is -3.03. The van der Waals surface area contributed by atoms with Crippen molar-refractivity contribution in [1.82, 2.24) is 19.4 Å². The number of hydrogen-bond donors (Lipinski definition) is 3. The van der Waals surface area contributed by atoms with Crippen LogP contribution in [0.2, 0.25) is 0 Å². The number of ether oxygens (including phenoxy) is 1. The molecule has 0 bridgehead atoms. The number of amides is 3. The molecule has 0 spiro atoms. The van der Waals surface area contributed by atoms with Crippen LogP contribution in [0.4, 0.5) is 4.79 Å². The molecule has 0 aliphatic carbocycles. The highest BCUT2D eigenvalue weighted by molar-refractivity contribution is 8.03. The second-order valence-electron chi connectivity index (χ2n) is 9.96. The van der Waals surface area contributed by atoms with Crippen LogP contribution in [-0.2, 0) is 25.7 Å². The molecule has 4 rings (SSSR count). The third-order valence-electron chi connectivity index (χ3n) is 7.41. The van der Waals surface area contributed by atoms with Crippen LogP contribution in [0, 0.1) is 11.8 Å². The summed E-state index contributed by atoms with van der Waals surface area (Å²) in [5.41, 5.74) is 5.85. The van der Waals surface area contributed by atoms with E-state index in [1.165, 1.54) is 28.8 Å². The molecule has 4 heterocycles. The Kier molecular flexibility index (Phi) is 8.50. The Labute approximate surface area is 230 Å². The Morgan fingerprint density at radius 3 is 2.77 bits per heavy atom. The van der Waals surface area contributed by atoms with E-state index >= 15 is 0 Å². The fourth-order valence-electron chi connectivity index (χ4n) is 5.64. The molecular formula is C26H33N5O7S. The van der Waals surface area contributed by atoms with Gasteiger partial charge in [0.2, 0.25) is 11.8 Å². The standard InChI is InChI=1S/C26H33N5O7S/c1-4-9-38-26(37)30-12-18(10-16(30)7-8-29-13-28-11-17(29)5-6-19(27)33)39-23-14(2)21-20(15(3)32)24(34)31(21)22(23)25(35)36/h4-6,11,13-16,18,20-21,32H,1,7-10,12H2,2-3H3,(H2,27,33)(H,35,36)/t14-,15-,16+,18+,20-,21-/m1/s1. The molecule has 4 N–H and O–H groups in total. The monoisotopic (exact) mass is 559 g/mol. The first-order valence-electron chi connectivity index (χ1n) is 12.7. The lowest BCUT2D eigenvalue weighted by Crippen LogP contribution is -2.63. The average Bonchev–Trinajstić information content (AvgIpc) is 3.55. The number of rotatable bonds is 11. The number of aliphatic hydroxyl groups is 1. The Morgan fingerprint density at radius 2 is 2.13 bits per heavy atom. The number of hydrogen-bond acceptors (Lipinski definition) is 8. The number of carboxylic acids is 1. The van der Waals surface area contributed by atoms with E-state index in [-0.39, 0.29) is 35.4 Å². The van der Waals surface area contributed by atoms with Crippen LogP contribution in [0.25, 0.3) is 6.08 Å². The molecule has 0 saturated carbocycles. The molecule has 1 aromatic heterocycles. The number of aryl methyl sites for hydroxylation is 1. The number of primary amides is 1. The maximum atomic E-state index is 12.9. The molecular weight excluding hydrogens is 526 g/mol. The fraction of sp³-hybridized carbons (Fsp3) is 0.500. The number of carboxylic acid groups (broad SMARTS) is 1. The van der Waals surface area contributed by atoms with Gasteiger partial charge in [0.25, 0.3) is 0 Å². The number of carbonyl (C=O) groups excluding carboxylic acids is 3. The van der Waals surface area contributed by atoms with Gasteiger partial charge in [-0.25, -0.2) is 14.6 Å². The van der Waals surface area contributed by atoms with E-state index in [1.807, 2.05) is 11.5 Å². The largest absolute Gasteiger partial charge is 0.477 e. The van der Waals surface area contributed by atoms with E-state index in [9.17, 15) is 29.4 Å². The van der Waals surface area contributed by atoms with Crippen molar-refractivity contribution >= 4 is 41.7 Å². The molecule has 3 amide bonds. The van der Waals surface area contributed by atoms with Gasteiger partial charge in [-0.15, -0.1) is 11.8 Å². The van der Waals surface area contributed by atoms with Crippen LogP contribution in [0.5, 0.6) is 0 Å². The Bertz CT molecular complexity index is 1220. The quantitative estimate of drug-likeness (QED) is 0.206. The second kappa shape index (κ2) is 11.7. The first-order chi connectivity index (χ1) is 18.5. The fourth-order valence-corrected chi connectivity index (χ4v) is 7.20. The van der Waals surface area contributed by atoms with Gasteiger partial charge in [-0.1, -0.05) is 19.6 Å². The molecule has 39 heavy (non-hydrogen) atoms. The van der Waals surface area contributed by atoms with Gasteiger partial charge < -0.3 is 35.1 Å². The zero-order valence-electron chi connectivity index (χ0n) is 21.8. The van der Waals surface area contributed by atoms with Crippen molar-refractivity contribution in [3.05, 3.63) is 47.6 Å². The SMILES string of the molecule is C=CCOC(=O)N1C[C@@H](SC2=C(C(=O)O)N3C(=O)[C@H]([C@@H](C)O)[C@H]3[C@H]2C)C[C@@H]1CCn1cncc1C=CC(N)=O. The topological polar surface area (TPSA) is 168 Å². The van der Waals surface area contributed by atoms with Crippen LogP contribution in [0.15, 0.2) is 41.9 Å². The van der Waals surface area contributed by atoms with Crippen molar-refractivity contribution in [2.75, 3.05) is 13.2 Å². The summed E-state index contributed by atoms with van der Waals surface area (Å²) in [6.45, 7) is 7.91. The number of nitrogens with zero attached hydrogens (tertiary/aromatic N) is 4. The maximum Gasteiger partial charge on any atom is 0.410 e. The number of aliphatic carboxylic acids is 1. The Hall–Kier alpha value is -3.58. The molecule has 12 nitrogen and oxygen atoms in total. The normalized spacial score (nSPS) is 27.1. The van der Waals surface area contributed by atoms with Crippen molar-refractivity contribution < 1.29 is 34.1 Å². The summed E-state index contributed by atoms with van der Waals surface area (Å²) in [4.78, 5) is 56.5. The van der Waals surface area contributed by atoms with Crippen molar-refractivity contribution in [3.63, 3.8) is 0 Å². The Morgan fingerprint density at radius 1 is 1.38 bits per heavy atom. The first-order valence-corrected chi connectivity index (χ1v) is 13.6. The highest BCUT2D eigenvalue weighted by Gasteiger charge is 2.60. The summed E-state index contributed by atoms with van der Waals surface area (Å²) >= 11 is 1.38. The van der Waals surface area contributed by atoms with Crippen LogP contribution >= 0.6 is 11.8 Å². The van der Waals surface area contributed by atoms with Crippen LogP contribution in [0.1, 0.15) is 32.4 Å². The number of likely N-dealkylation sites (tertiary alicyclic amines) is 1. The second-order valence-corrected chi connectivity index (χ2v) is 11.3. The number of thioether (sulfide) groups is 1. The minimum absolute atomic E-state index is 0.0343. The van der Waals surface area contributed by atoms with Crippen molar-refractivity contribution in [3.8, 4) is 0 Å². The summed E-state index contributed by atoms with van der Waals surface area (Å²) < 4.78 is 7.17.